The second-order valence-electron chi connectivity index (χ2n) is 9.59. The fourth-order valence-electron chi connectivity index (χ4n) is 5.82. The zero-order chi connectivity index (χ0) is 24.3. The van der Waals surface area contributed by atoms with Gasteiger partial charge < -0.3 is 4.42 Å². The Morgan fingerprint density at radius 2 is 1.11 bits per heavy atom. The summed E-state index contributed by atoms with van der Waals surface area (Å²) in [6.07, 6.45) is 3.86. The minimum atomic E-state index is 0.921. The second kappa shape index (κ2) is 7.78. The fraction of sp³-hybridized carbons (Fsp3) is 0. The van der Waals surface area contributed by atoms with E-state index in [1.165, 1.54) is 43.4 Å². The smallest absolute Gasteiger partial charge is 0.143 e. The molecule has 0 bridgehead atoms. The molecule has 0 unspecified atom stereocenters. The molecule has 2 heteroatoms. The topological polar surface area (TPSA) is 26.0 Å². The van der Waals surface area contributed by atoms with Crippen LogP contribution >= 0.6 is 0 Å². The summed E-state index contributed by atoms with van der Waals surface area (Å²) < 4.78 is 6.32. The summed E-state index contributed by atoms with van der Waals surface area (Å²) in [6.45, 7) is 0. The molecule has 0 aliphatic carbocycles. The lowest BCUT2D eigenvalue weighted by atomic mass is 9.92. The van der Waals surface area contributed by atoms with Crippen LogP contribution in [0.1, 0.15) is 0 Å². The van der Waals surface area contributed by atoms with Gasteiger partial charge in [0.1, 0.15) is 11.2 Å². The average molecular weight is 472 g/mol. The molecule has 0 saturated carbocycles. The molecule has 0 fully saturated rings. The number of aromatic nitrogens is 1. The first-order valence-corrected chi connectivity index (χ1v) is 12.5. The number of pyridine rings is 1. The van der Waals surface area contributed by atoms with Crippen LogP contribution in [0.5, 0.6) is 0 Å². The Bertz CT molecular complexity index is 2120. The van der Waals surface area contributed by atoms with Gasteiger partial charge in [0, 0.05) is 34.1 Å². The number of nitrogens with zero attached hydrogens (tertiary/aromatic N) is 1. The minimum Gasteiger partial charge on any atom is -0.455 e. The number of benzene rings is 6. The summed E-state index contributed by atoms with van der Waals surface area (Å²) >= 11 is 0. The Kier molecular flexibility index (Phi) is 4.26. The monoisotopic (exact) mass is 471 g/mol. The molecular weight excluding hydrogens is 450 g/mol. The van der Waals surface area contributed by atoms with Crippen LogP contribution in [0.3, 0.4) is 0 Å². The van der Waals surface area contributed by atoms with Crippen LogP contribution in [0.4, 0.5) is 0 Å². The average Bonchev–Trinajstić information content (AvgIpc) is 3.36. The van der Waals surface area contributed by atoms with Crippen LogP contribution in [-0.4, -0.2) is 4.98 Å². The number of fused-ring (bicyclic) bond motifs is 9. The van der Waals surface area contributed by atoms with Crippen LogP contribution in [-0.2, 0) is 0 Å². The predicted molar refractivity (Wildman–Crippen MR) is 155 cm³/mol. The molecule has 172 valence electrons. The first-order chi connectivity index (χ1) is 18.3. The van der Waals surface area contributed by atoms with Gasteiger partial charge in [-0.05, 0) is 67.9 Å². The summed E-state index contributed by atoms with van der Waals surface area (Å²) in [5, 5.41) is 9.73. The van der Waals surface area contributed by atoms with Crippen LogP contribution in [0.2, 0.25) is 0 Å². The van der Waals surface area contributed by atoms with Crippen LogP contribution in [0.15, 0.2) is 132 Å². The maximum atomic E-state index is 6.32. The van der Waals surface area contributed by atoms with Crippen molar-refractivity contribution in [2.24, 2.45) is 0 Å². The Morgan fingerprint density at radius 3 is 2.03 bits per heavy atom. The van der Waals surface area contributed by atoms with Crippen molar-refractivity contribution in [3.8, 4) is 22.3 Å². The maximum absolute atomic E-state index is 6.32. The molecule has 0 spiro atoms. The minimum absolute atomic E-state index is 0.921. The largest absolute Gasteiger partial charge is 0.455 e. The van der Waals surface area contributed by atoms with Gasteiger partial charge in [0.2, 0.25) is 0 Å². The number of rotatable bonds is 2. The molecule has 0 atom stereocenters. The van der Waals surface area contributed by atoms with E-state index in [2.05, 4.69) is 108 Å². The Morgan fingerprint density at radius 1 is 0.432 bits per heavy atom. The van der Waals surface area contributed by atoms with Gasteiger partial charge in [-0.25, -0.2) is 0 Å². The molecule has 2 nitrogen and oxygen atoms in total. The molecular formula is C35H21NO. The Balaban J connectivity index is 1.34. The molecule has 0 radical (unpaired) electrons. The van der Waals surface area contributed by atoms with Gasteiger partial charge in [-0.1, -0.05) is 91.0 Å². The van der Waals surface area contributed by atoms with Crippen LogP contribution in [0, 0.1) is 0 Å². The molecule has 8 aromatic rings. The molecule has 6 aromatic carbocycles. The zero-order valence-corrected chi connectivity index (χ0v) is 20.0. The van der Waals surface area contributed by atoms with Gasteiger partial charge in [-0.15, -0.1) is 0 Å². The maximum Gasteiger partial charge on any atom is 0.143 e. The highest BCUT2D eigenvalue weighted by Gasteiger charge is 2.13. The van der Waals surface area contributed by atoms with Gasteiger partial charge >= 0.3 is 0 Å². The van der Waals surface area contributed by atoms with Crippen LogP contribution in [0.25, 0.3) is 76.5 Å². The molecule has 0 saturated heterocycles. The highest BCUT2D eigenvalue weighted by Crippen LogP contribution is 2.39. The lowest BCUT2D eigenvalue weighted by molar-refractivity contribution is 0.670. The van der Waals surface area contributed by atoms with Crippen molar-refractivity contribution in [3.05, 3.63) is 128 Å². The van der Waals surface area contributed by atoms with Crippen molar-refractivity contribution >= 4 is 54.3 Å². The third-order valence-corrected chi connectivity index (χ3v) is 7.55. The third kappa shape index (κ3) is 3.03. The van der Waals surface area contributed by atoms with E-state index in [1.807, 2.05) is 24.5 Å². The van der Waals surface area contributed by atoms with Crippen molar-refractivity contribution in [2.45, 2.75) is 0 Å². The number of hydrogen-bond donors (Lipinski definition) is 0. The molecule has 2 heterocycles. The fourth-order valence-corrected chi connectivity index (χ4v) is 5.82. The van der Waals surface area contributed by atoms with E-state index in [1.54, 1.807) is 0 Å². The van der Waals surface area contributed by atoms with Gasteiger partial charge in [-0.2, -0.15) is 0 Å². The van der Waals surface area contributed by atoms with Gasteiger partial charge in [-0.3, -0.25) is 4.98 Å². The lowest BCUT2D eigenvalue weighted by Crippen LogP contribution is -1.86. The van der Waals surface area contributed by atoms with E-state index in [-0.39, 0.29) is 0 Å². The summed E-state index contributed by atoms with van der Waals surface area (Å²) in [7, 11) is 0. The molecule has 2 aromatic heterocycles. The van der Waals surface area contributed by atoms with Gasteiger partial charge in [0.25, 0.3) is 0 Å². The highest BCUT2D eigenvalue weighted by atomic mass is 16.3. The summed E-state index contributed by atoms with van der Waals surface area (Å²) in [6, 6.07) is 41.0. The number of para-hydroxylation sites is 2. The summed E-state index contributed by atoms with van der Waals surface area (Å²) in [4.78, 5) is 4.43. The van der Waals surface area contributed by atoms with E-state index in [0.29, 0.717) is 0 Å². The van der Waals surface area contributed by atoms with E-state index in [9.17, 15) is 0 Å². The molecule has 0 N–H and O–H groups in total. The molecule has 0 aliphatic rings. The van der Waals surface area contributed by atoms with Gasteiger partial charge in [0.15, 0.2) is 0 Å². The van der Waals surface area contributed by atoms with E-state index < -0.39 is 0 Å². The van der Waals surface area contributed by atoms with E-state index >= 15 is 0 Å². The zero-order valence-electron chi connectivity index (χ0n) is 20.0. The predicted octanol–water partition coefficient (Wildman–Crippen LogP) is 9.77. The van der Waals surface area contributed by atoms with Crippen molar-refractivity contribution in [3.63, 3.8) is 0 Å². The van der Waals surface area contributed by atoms with Crippen molar-refractivity contribution < 1.29 is 4.42 Å². The second-order valence-corrected chi connectivity index (χ2v) is 9.59. The normalized spacial score (nSPS) is 11.8. The van der Waals surface area contributed by atoms with Gasteiger partial charge in [0.05, 0.1) is 0 Å². The summed E-state index contributed by atoms with van der Waals surface area (Å²) in [5.74, 6) is 0. The molecule has 0 aliphatic heterocycles. The van der Waals surface area contributed by atoms with E-state index in [4.69, 9.17) is 4.42 Å². The SMILES string of the molecule is c1cc(-c2ccc3c4cnccc4c4ccccc4c3c2)cc(-c2cccc3c2oc2ccccc23)c1. The summed E-state index contributed by atoms with van der Waals surface area (Å²) in [5.41, 5.74) is 6.49. The first-order valence-electron chi connectivity index (χ1n) is 12.5. The van der Waals surface area contributed by atoms with Crippen molar-refractivity contribution in [2.75, 3.05) is 0 Å². The van der Waals surface area contributed by atoms with E-state index in [0.717, 1.165) is 33.1 Å². The Labute approximate surface area is 213 Å². The standard InChI is InChI=1S/C35H21NO/c1-2-10-27-26(9-1)29-17-18-36-21-33(29)28-16-15-23(20-32(27)28)22-7-5-8-24(19-22)25-12-6-13-31-30-11-3-4-14-34(30)37-35(25)31/h1-21H. The number of furan rings is 1. The van der Waals surface area contributed by atoms with Crippen molar-refractivity contribution in [1.29, 1.82) is 0 Å². The molecule has 37 heavy (non-hydrogen) atoms. The van der Waals surface area contributed by atoms with Crippen LogP contribution < -0.4 is 0 Å². The third-order valence-electron chi connectivity index (χ3n) is 7.55. The van der Waals surface area contributed by atoms with Crippen molar-refractivity contribution in [1.82, 2.24) is 4.98 Å². The Hall–Kier alpha value is -4.95. The molecule has 0 amide bonds. The lowest BCUT2D eigenvalue weighted by Gasteiger charge is -2.12. The quantitative estimate of drug-likeness (QED) is 0.235. The highest BCUT2D eigenvalue weighted by molar-refractivity contribution is 6.25. The first kappa shape index (κ1) is 20.3. The molecule has 8 rings (SSSR count). The number of hydrogen-bond acceptors (Lipinski definition) is 2.